The molecule has 14 heavy (non-hydrogen) atoms. The number of fused-ring (bicyclic) bond motifs is 1. The fourth-order valence-electron chi connectivity index (χ4n) is 1.21. The summed E-state index contributed by atoms with van der Waals surface area (Å²) in [7, 11) is 0. The third kappa shape index (κ3) is 1.39. The third-order valence-electron chi connectivity index (χ3n) is 1.88. The smallest absolute Gasteiger partial charge is 0.270 e. The number of nitro benzene ring substituents is 1. The second-order valence-electron chi connectivity index (χ2n) is 2.73. The van der Waals surface area contributed by atoms with E-state index in [9.17, 15) is 10.1 Å². The Kier molecular flexibility index (Phi) is 2.05. The maximum atomic E-state index is 10.5. The van der Waals surface area contributed by atoms with Crippen molar-refractivity contribution >= 4 is 22.9 Å². The molecule has 0 saturated carbocycles. The summed E-state index contributed by atoms with van der Waals surface area (Å²) in [4.78, 5) is 10.5. The van der Waals surface area contributed by atoms with Gasteiger partial charge in [0.1, 0.15) is 10.7 Å². The first-order valence-electron chi connectivity index (χ1n) is 3.88. The highest BCUT2D eigenvalue weighted by Gasteiger charge is 2.18. The van der Waals surface area contributed by atoms with Gasteiger partial charge in [-0.05, 0) is 6.07 Å². The lowest BCUT2D eigenvalue weighted by molar-refractivity contribution is -0.384. The summed E-state index contributed by atoms with van der Waals surface area (Å²) in [5, 5.41) is 13.3. The van der Waals surface area contributed by atoms with Gasteiger partial charge in [-0.1, -0.05) is 12.2 Å². The standard InChI is InChI=1S/C8H6N2O3S/c11-10(12)5-1-2-7-6(3-5)8(14)9-4-13-7/h1-3H,4H2,(H,9,14). The van der Waals surface area contributed by atoms with Crippen molar-refractivity contribution in [1.29, 1.82) is 0 Å². The van der Waals surface area contributed by atoms with E-state index in [0.717, 1.165) is 0 Å². The molecule has 6 heteroatoms. The van der Waals surface area contributed by atoms with Crippen molar-refractivity contribution in [3.63, 3.8) is 0 Å². The monoisotopic (exact) mass is 210 g/mol. The summed E-state index contributed by atoms with van der Waals surface area (Å²) in [6.07, 6.45) is 0. The molecule has 0 unspecified atom stereocenters. The van der Waals surface area contributed by atoms with Crippen LogP contribution in [0.5, 0.6) is 5.75 Å². The Morgan fingerprint density at radius 3 is 3.07 bits per heavy atom. The van der Waals surface area contributed by atoms with Crippen LogP contribution in [0.3, 0.4) is 0 Å². The maximum Gasteiger partial charge on any atom is 0.270 e. The molecular weight excluding hydrogens is 204 g/mol. The average molecular weight is 210 g/mol. The zero-order valence-electron chi connectivity index (χ0n) is 7.02. The van der Waals surface area contributed by atoms with Crippen LogP contribution >= 0.6 is 12.2 Å². The first-order valence-corrected chi connectivity index (χ1v) is 4.29. The van der Waals surface area contributed by atoms with E-state index in [1.807, 2.05) is 0 Å². The summed E-state index contributed by atoms with van der Waals surface area (Å²) in [6.45, 7) is 0.309. The van der Waals surface area contributed by atoms with Crippen molar-refractivity contribution in [2.45, 2.75) is 0 Å². The first kappa shape index (κ1) is 8.89. The summed E-state index contributed by atoms with van der Waals surface area (Å²) >= 11 is 4.99. The van der Waals surface area contributed by atoms with E-state index >= 15 is 0 Å². The van der Waals surface area contributed by atoms with Crippen molar-refractivity contribution < 1.29 is 9.66 Å². The molecule has 1 aliphatic rings. The molecule has 0 aromatic heterocycles. The molecule has 0 radical (unpaired) electrons. The minimum atomic E-state index is -0.461. The maximum absolute atomic E-state index is 10.5. The summed E-state index contributed by atoms with van der Waals surface area (Å²) in [5.41, 5.74) is 0.582. The number of hydrogen-bond acceptors (Lipinski definition) is 4. The number of nitrogens with zero attached hydrogens (tertiary/aromatic N) is 1. The lowest BCUT2D eigenvalue weighted by Crippen LogP contribution is -2.32. The molecule has 0 atom stereocenters. The van der Waals surface area contributed by atoms with Crippen LogP contribution in [0.1, 0.15) is 5.56 Å². The van der Waals surface area contributed by atoms with E-state index in [1.165, 1.54) is 12.1 Å². The molecule has 0 amide bonds. The van der Waals surface area contributed by atoms with E-state index in [0.29, 0.717) is 23.0 Å². The average Bonchev–Trinajstić information content (AvgIpc) is 2.18. The van der Waals surface area contributed by atoms with E-state index in [-0.39, 0.29) is 5.69 Å². The van der Waals surface area contributed by atoms with Gasteiger partial charge in [0.2, 0.25) is 0 Å². The number of hydrogen-bond donors (Lipinski definition) is 1. The molecule has 1 N–H and O–H groups in total. The molecule has 1 aromatic carbocycles. The number of nitro groups is 1. The minimum absolute atomic E-state index is 0.0124. The quantitative estimate of drug-likeness (QED) is 0.429. The largest absolute Gasteiger partial charge is 0.473 e. The summed E-state index contributed by atoms with van der Waals surface area (Å²) in [5.74, 6) is 0.583. The second kappa shape index (κ2) is 3.22. The summed E-state index contributed by atoms with van der Waals surface area (Å²) < 4.78 is 5.21. The predicted molar refractivity (Wildman–Crippen MR) is 53.4 cm³/mol. The van der Waals surface area contributed by atoms with Crippen molar-refractivity contribution in [2.24, 2.45) is 0 Å². The molecule has 1 aliphatic heterocycles. The lowest BCUT2D eigenvalue weighted by Gasteiger charge is -2.18. The van der Waals surface area contributed by atoms with Crippen LogP contribution in [0, 0.1) is 10.1 Å². The first-order chi connectivity index (χ1) is 6.68. The zero-order chi connectivity index (χ0) is 10.1. The number of rotatable bonds is 1. The molecule has 5 nitrogen and oxygen atoms in total. The van der Waals surface area contributed by atoms with Crippen LogP contribution in [0.4, 0.5) is 5.69 Å². The van der Waals surface area contributed by atoms with E-state index < -0.39 is 4.92 Å². The number of benzene rings is 1. The van der Waals surface area contributed by atoms with Crippen molar-refractivity contribution in [2.75, 3.05) is 6.73 Å². The Hall–Kier alpha value is -1.69. The highest BCUT2D eigenvalue weighted by molar-refractivity contribution is 7.80. The fourth-order valence-corrected chi connectivity index (χ4v) is 1.43. The molecule has 0 aliphatic carbocycles. The van der Waals surface area contributed by atoms with Crippen LogP contribution < -0.4 is 10.1 Å². The van der Waals surface area contributed by atoms with Crippen LogP contribution in [-0.2, 0) is 0 Å². The number of thiocarbonyl (C=S) groups is 1. The Morgan fingerprint density at radius 1 is 1.57 bits per heavy atom. The normalized spacial score (nSPS) is 13.9. The second-order valence-corrected chi connectivity index (χ2v) is 3.14. The molecule has 2 rings (SSSR count). The molecule has 0 saturated heterocycles. The topological polar surface area (TPSA) is 64.4 Å². The molecule has 0 fully saturated rings. The van der Waals surface area contributed by atoms with Crippen LogP contribution in [-0.4, -0.2) is 16.6 Å². The highest BCUT2D eigenvalue weighted by atomic mass is 32.1. The van der Waals surface area contributed by atoms with Gasteiger partial charge in [-0.25, -0.2) is 0 Å². The minimum Gasteiger partial charge on any atom is -0.473 e. The number of nitrogens with one attached hydrogen (secondary N) is 1. The fraction of sp³-hybridized carbons (Fsp3) is 0.125. The molecular formula is C8H6N2O3S. The van der Waals surface area contributed by atoms with Gasteiger partial charge in [-0.3, -0.25) is 10.1 Å². The molecule has 0 spiro atoms. The summed E-state index contributed by atoms with van der Waals surface area (Å²) in [6, 6.07) is 4.36. The van der Waals surface area contributed by atoms with Gasteiger partial charge in [-0.2, -0.15) is 0 Å². The van der Waals surface area contributed by atoms with Crippen molar-refractivity contribution in [3.8, 4) is 5.75 Å². The van der Waals surface area contributed by atoms with Gasteiger partial charge >= 0.3 is 0 Å². The number of non-ortho nitro benzene ring substituents is 1. The Bertz CT molecular complexity index is 419. The van der Waals surface area contributed by atoms with Crippen molar-refractivity contribution in [3.05, 3.63) is 33.9 Å². The SMILES string of the molecule is O=[N+]([O-])c1ccc2c(c1)C(=S)NCO2. The highest BCUT2D eigenvalue weighted by Crippen LogP contribution is 2.26. The van der Waals surface area contributed by atoms with Gasteiger partial charge in [0.05, 0.1) is 10.5 Å². The zero-order valence-corrected chi connectivity index (χ0v) is 7.84. The molecule has 1 heterocycles. The van der Waals surface area contributed by atoms with E-state index in [2.05, 4.69) is 5.32 Å². The van der Waals surface area contributed by atoms with Gasteiger partial charge < -0.3 is 10.1 Å². The predicted octanol–water partition coefficient (Wildman–Crippen LogP) is 1.21. The Labute approximate surface area is 84.8 Å². The van der Waals surface area contributed by atoms with Gasteiger partial charge in [0.15, 0.2) is 6.73 Å². The van der Waals surface area contributed by atoms with Crippen LogP contribution in [0.25, 0.3) is 0 Å². The van der Waals surface area contributed by atoms with Gasteiger partial charge in [-0.15, -0.1) is 0 Å². The van der Waals surface area contributed by atoms with Gasteiger partial charge in [0, 0.05) is 12.1 Å². The molecule has 1 aromatic rings. The molecule has 72 valence electrons. The van der Waals surface area contributed by atoms with Crippen LogP contribution in [0.15, 0.2) is 18.2 Å². The van der Waals surface area contributed by atoms with E-state index in [4.69, 9.17) is 17.0 Å². The lowest BCUT2D eigenvalue weighted by atomic mass is 10.1. The van der Waals surface area contributed by atoms with Crippen molar-refractivity contribution in [1.82, 2.24) is 5.32 Å². The van der Waals surface area contributed by atoms with Gasteiger partial charge in [0.25, 0.3) is 5.69 Å². The molecule has 0 bridgehead atoms. The Morgan fingerprint density at radius 2 is 2.36 bits per heavy atom. The van der Waals surface area contributed by atoms with E-state index in [1.54, 1.807) is 6.07 Å². The number of ether oxygens (including phenoxy) is 1. The van der Waals surface area contributed by atoms with Crippen LogP contribution in [0.2, 0.25) is 0 Å². The third-order valence-corrected chi connectivity index (χ3v) is 2.24. The Balaban J connectivity index is 2.51.